The monoisotopic (exact) mass is 194 g/mol. The van der Waals surface area contributed by atoms with Crippen LogP contribution in [0.15, 0.2) is 16.7 Å². The van der Waals surface area contributed by atoms with E-state index in [1.165, 1.54) is 0 Å². The van der Waals surface area contributed by atoms with Crippen LogP contribution < -0.4 is 0 Å². The minimum atomic E-state index is 0.541. The van der Waals surface area contributed by atoms with Crippen LogP contribution in [0.1, 0.15) is 11.3 Å². The first-order valence-corrected chi connectivity index (χ1v) is 4.75. The predicted molar refractivity (Wildman–Crippen MR) is 52.7 cm³/mol. The number of hydrogen-bond acceptors (Lipinski definition) is 3. The van der Waals surface area contributed by atoms with Gasteiger partial charge in [0.25, 0.3) is 0 Å². The molecule has 1 fully saturated rings. The number of aryl methyl sites for hydroxylation is 1. The van der Waals surface area contributed by atoms with Gasteiger partial charge >= 0.3 is 0 Å². The molecule has 0 spiro atoms. The summed E-state index contributed by atoms with van der Waals surface area (Å²) in [6, 6.07) is 1.84. The lowest BCUT2D eigenvalue weighted by Crippen LogP contribution is -2.40. The molecule has 0 atom stereocenters. The first-order chi connectivity index (χ1) is 6.79. The van der Waals surface area contributed by atoms with Gasteiger partial charge in [0, 0.05) is 13.1 Å². The zero-order valence-electron chi connectivity index (χ0n) is 8.25. The third-order valence-corrected chi connectivity index (χ3v) is 2.44. The molecule has 4 heteroatoms. The molecule has 0 radical (unpaired) electrons. The van der Waals surface area contributed by atoms with E-state index in [-0.39, 0.29) is 0 Å². The maximum absolute atomic E-state index is 7.99. The normalized spacial score (nSPS) is 17.1. The Kier molecular flexibility index (Phi) is 2.54. The topological polar surface area (TPSA) is 49.5 Å². The summed E-state index contributed by atoms with van der Waals surface area (Å²) in [5.74, 6) is 1.35. The van der Waals surface area contributed by atoms with Crippen molar-refractivity contribution in [1.29, 1.82) is 5.41 Å². The molecule has 0 bridgehead atoms. The van der Waals surface area contributed by atoms with Gasteiger partial charge in [0.15, 0.2) is 0 Å². The molecule has 1 aliphatic heterocycles. The van der Waals surface area contributed by atoms with E-state index in [4.69, 9.17) is 14.6 Å². The van der Waals surface area contributed by atoms with Gasteiger partial charge in [-0.25, -0.2) is 0 Å². The fraction of sp³-hybridized carbons (Fsp3) is 0.500. The Bertz CT molecular complexity index is 327. The number of nitrogens with one attached hydrogen (secondary N) is 1. The van der Waals surface area contributed by atoms with Crippen molar-refractivity contribution in [2.75, 3.05) is 26.3 Å². The number of hydrogen-bond donors (Lipinski definition) is 1. The highest BCUT2D eigenvalue weighted by atomic mass is 16.5. The van der Waals surface area contributed by atoms with Gasteiger partial charge in [-0.15, -0.1) is 0 Å². The number of nitrogens with zero attached hydrogens (tertiary/aromatic N) is 1. The van der Waals surface area contributed by atoms with Crippen LogP contribution >= 0.6 is 0 Å². The molecule has 2 heterocycles. The quantitative estimate of drug-likeness (QED) is 0.540. The van der Waals surface area contributed by atoms with E-state index in [0.29, 0.717) is 19.0 Å². The molecule has 1 aliphatic rings. The fourth-order valence-electron chi connectivity index (χ4n) is 1.59. The van der Waals surface area contributed by atoms with Crippen LogP contribution in [0.3, 0.4) is 0 Å². The standard InChI is InChI=1S/C10H14N2O2/c1-8-9(2-5-14-8)10(11)12-3-6-13-7-4-12/h2,5,11H,3-4,6-7H2,1H3. The highest BCUT2D eigenvalue weighted by molar-refractivity contribution is 5.97. The van der Waals surface area contributed by atoms with Crippen LogP contribution in [0.5, 0.6) is 0 Å². The molecule has 0 unspecified atom stereocenters. The van der Waals surface area contributed by atoms with E-state index in [1.54, 1.807) is 6.26 Å². The Balaban J connectivity index is 2.11. The minimum absolute atomic E-state index is 0.541. The SMILES string of the molecule is Cc1occc1C(=N)N1CCOCC1. The molecule has 1 saturated heterocycles. The van der Waals surface area contributed by atoms with Crippen LogP contribution in [-0.2, 0) is 4.74 Å². The van der Waals surface area contributed by atoms with E-state index in [0.717, 1.165) is 24.4 Å². The zero-order valence-corrected chi connectivity index (χ0v) is 8.25. The van der Waals surface area contributed by atoms with Crippen molar-refractivity contribution in [2.45, 2.75) is 6.92 Å². The van der Waals surface area contributed by atoms with Gasteiger partial charge in [-0.1, -0.05) is 0 Å². The Morgan fingerprint density at radius 3 is 2.71 bits per heavy atom. The maximum Gasteiger partial charge on any atom is 0.131 e. The molecule has 4 nitrogen and oxygen atoms in total. The molecule has 14 heavy (non-hydrogen) atoms. The van der Waals surface area contributed by atoms with E-state index in [9.17, 15) is 0 Å². The predicted octanol–water partition coefficient (Wildman–Crippen LogP) is 1.25. The average molecular weight is 194 g/mol. The van der Waals surface area contributed by atoms with Crippen molar-refractivity contribution in [1.82, 2.24) is 4.90 Å². The summed E-state index contributed by atoms with van der Waals surface area (Å²) >= 11 is 0. The molecule has 2 rings (SSSR count). The molecule has 0 saturated carbocycles. The van der Waals surface area contributed by atoms with Crippen molar-refractivity contribution in [2.24, 2.45) is 0 Å². The second-order valence-electron chi connectivity index (χ2n) is 3.34. The van der Waals surface area contributed by atoms with Crippen molar-refractivity contribution in [3.8, 4) is 0 Å². The van der Waals surface area contributed by atoms with Gasteiger partial charge in [-0.05, 0) is 13.0 Å². The highest BCUT2D eigenvalue weighted by Gasteiger charge is 2.17. The van der Waals surface area contributed by atoms with Gasteiger partial charge in [-0.3, -0.25) is 5.41 Å². The molecule has 76 valence electrons. The van der Waals surface area contributed by atoms with Crippen LogP contribution in [0, 0.1) is 12.3 Å². The first-order valence-electron chi connectivity index (χ1n) is 4.75. The summed E-state index contributed by atoms with van der Waals surface area (Å²) in [5, 5.41) is 7.99. The van der Waals surface area contributed by atoms with Crippen molar-refractivity contribution in [3.05, 3.63) is 23.7 Å². The smallest absolute Gasteiger partial charge is 0.131 e. The molecule has 0 amide bonds. The minimum Gasteiger partial charge on any atom is -0.469 e. The number of ether oxygens (including phenoxy) is 1. The van der Waals surface area contributed by atoms with Crippen molar-refractivity contribution in [3.63, 3.8) is 0 Å². The largest absolute Gasteiger partial charge is 0.469 e. The third kappa shape index (κ3) is 1.65. The maximum atomic E-state index is 7.99. The van der Waals surface area contributed by atoms with Crippen LogP contribution in [0.2, 0.25) is 0 Å². The lowest BCUT2D eigenvalue weighted by Gasteiger charge is -2.28. The summed E-state index contributed by atoms with van der Waals surface area (Å²) in [4.78, 5) is 2.02. The molecular formula is C10H14N2O2. The van der Waals surface area contributed by atoms with Crippen molar-refractivity contribution >= 4 is 5.84 Å². The van der Waals surface area contributed by atoms with E-state index in [2.05, 4.69) is 0 Å². The second-order valence-corrected chi connectivity index (χ2v) is 3.34. The van der Waals surface area contributed by atoms with E-state index < -0.39 is 0 Å². The number of morpholine rings is 1. The summed E-state index contributed by atoms with van der Waals surface area (Å²) in [5.41, 5.74) is 0.881. The Morgan fingerprint density at radius 1 is 1.43 bits per heavy atom. The van der Waals surface area contributed by atoms with Gasteiger partial charge in [0.05, 0.1) is 25.0 Å². The van der Waals surface area contributed by atoms with Gasteiger partial charge in [0.2, 0.25) is 0 Å². The Labute approximate surface area is 83.0 Å². The second kappa shape index (κ2) is 3.84. The summed E-state index contributed by atoms with van der Waals surface area (Å²) < 4.78 is 10.4. The highest BCUT2D eigenvalue weighted by Crippen LogP contribution is 2.12. The molecule has 1 aromatic rings. The summed E-state index contributed by atoms with van der Waals surface area (Å²) in [6.07, 6.45) is 1.62. The van der Waals surface area contributed by atoms with E-state index in [1.807, 2.05) is 17.9 Å². The van der Waals surface area contributed by atoms with Gasteiger partial charge in [-0.2, -0.15) is 0 Å². The van der Waals surface area contributed by atoms with Crippen LogP contribution in [0.25, 0.3) is 0 Å². The molecule has 0 aromatic carbocycles. The lowest BCUT2D eigenvalue weighted by atomic mass is 10.2. The van der Waals surface area contributed by atoms with Crippen molar-refractivity contribution < 1.29 is 9.15 Å². The first kappa shape index (κ1) is 9.27. The molecular weight excluding hydrogens is 180 g/mol. The average Bonchev–Trinajstić information content (AvgIpc) is 2.65. The number of amidine groups is 1. The Morgan fingerprint density at radius 2 is 2.14 bits per heavy atom. The van der Waals surface area contributed by atoms with Gasteiger partial charge in [0.1, 0.15) is 11.6 Å². The fourth-order valence-corrected chi connectivity index (χ4v) is 1.59. The summed E-state index contributed by atoms with van der Waals surface area (Å²) in [7, 11) is 0. The van der Waals surface area contributed by atoms with Crippen LogP contribution in [0.4, 0.5) is 0 Å². The van der Waals surface area contributed by atoms with E-state index >= 15 is 0 Å². The summed E-state index contributed by atoms with van der Waals surface area (Å²) in [6.45, 7) is 4.88. The molecule has 1 aromatic heterocycles. The molecule has 0 aliphatic carbocycles. The zero-order chi connectivity index (χ0) is 9.97. The number of rotatable bonds is 1. The lowest BCUT2D eigenvalue weighted by molar-refractivity contribution is 0.0679. The number of furan rings is 1. The molecule has 1 N–H and O–H groups in total. The van der Waals surface area contributed by atoms with Gasteiger partial charge < -0.3 is 14.1 Å². The third-order valence-electron chi connectivity index (χ3n) is 2.44. The Hall–Kier alpha value is -1.29. The van der Waals surface area contributed by atoms with Crippen LogP contribution in [-0.4, -0.2) is 37.0 Å².